The van der Waals surface area contributed by atoms with Gasteiger partial charge in [0.05, 0.1) is 11.3 Å². The Kier molecular flexibility index (Phi) is 5.43. The Balaban J connectivity index is 1.78. The van der Waals surface area contributed by atoms with Crippen LogP contribution < -0.4 is 5.43 Å². The van der Waals surface area contributed by atoms with Crippen molar-refractivity contribution in [3.8, 4) is 0 Å². The van der Waals surface area contributed by atoms with Gasteiger partial charge in [0.25, 0.3) is 5.69 Å². The number of hydrogen-bond donors (Lipinski definition) is 1. The summed E-state index contributed by atoms with van der Waals surface area (Å²) in [6, 6.07) is 5.97. The van der Waals surface area contributed by atoms with Crippen LogP contribution in [0.15, 0.2) is 29.4 Å². The van der Waals surface area contributed by atoms with Crippen LogP contribution in [0.3, 0.4) is 0 Å². The lowest BCUT2D eigenvalue weighted by Gasteiger charge is -2.16. The highest BCUT2D eigenvalue weighted by Crippen LogP contribution is 2.21. The summed E-state index contributed by atoms with van der Waals surface area (Å²) in [5.74, 6) is 0.259. The van der Waals surface area contributed by atoms with Gasteiger partial charge in [0.2, 0.25) is 5.91 Å². The summed E-state index contributed by atoms with van der Waals surface area (Å²) in [5.41, 5.74) is 3.26. The van der Waals surface area contributed by atoms with Crippen molar-refractivity contribution in [1.82, 2.24) is 5.43 Å². The van der Waals surface area contributed by atoms with Gasteiger partial charge in [-0.3, -0.25) is 14.9 Å². The van der Waals surface area contributed by atoms with E-state index in [4.69, 9.17) is 0 Å². The first-order valence-corrected chi connectivity index (χ1v) is 7.20. The van der Waals surface area contributed by atoms with Crippen molar-refractivity contribution >= 4 is 17.8 Å². The highest BCUT2D eigenvalue weighted by Gasteiger charge is 2.11. The SMILES string of the molecule is O=C(Cc1ccc([N+](=O)[O-])cc1)NN=CC1CCCCC1. The molecule has 0 saturated heterocycles. The molecule has 0 bridgehead atoms. The number of nitro groups is 1. The van der Waals surface area contributed by atoms with Crippen molar-refractivity contribution in [2.75, 3.05) is 0 Å². The highest BCUT2D eigenvalue weighted by atomic mass is 16.6. The summed E-state index contributed by atoms with van der Waals surface area (Å²) in [5, 5.41) is 14.5. The van der Waals surface area contributed by atoms with Gasteiger partial charge in [0.1, 0.15) is 0 Å². The fourth-order valence-corrected chi connectivity index (χ4v) is 2.46. The molecule has 1 saturated carbocycles. The molecule has 112 valence electrons. The Bertz CT molecular complexity index is 519. The zero-order chi connectivity index (χ0) is 15.1. The molecule has 21 heavy (non-hydrogen) atoms. The number of non-ortho nitro benzene ring substituents is 1. The summed E-state index contributed by atoms with van der Waals surface area (Å²) in [7, 11) is 0. The lowest BCUT2D eigenvalue weighted by atomic mass is 9.90. The first-order chi connectivity index (χ1) is 10.1. The summed E-state index contributed by atoms with van der Waals surface area (Å²) in [4.78, 5) is 21.8. The minimum Gasteiger partial charge on any atom is -0.273 e. The molecule has 0 heterocycles. The molecule has 0 aliphatic heterocycles. The maximum absolute atomic E-state index is 11.7. The van der Waals surface area contributed by atoms with E-state index in [9.17, 15) is 14.9 Å². The molecule has 0 atom stereocenters. The normalized spacial score (nSPS) is 16.0. The van der Waals surface area contributed by atoms with Gasteiger partial charge < -0.3 is 0 Å². The molecule has 6 heteroatoms. The fourth-order valence-electron chi connectivity index (χ4n) is 2.46. The number of amides is 1. The lowest BCUT2D eigenvalue weighted by molar-refractivity contribution is -0.384. The second-order valence-corrected chi connectivity index (χ2v) is 5.31. The third kappa shape index (κ3) is 4.98. The molecule has 0 spiro atoms. The van der Waals surface area contributed by atoms with E-state index in [0.717, 1.165) is 18.4 Å². The van der Waals surface area contributed by atoms with Crippen molar-refractivity contribution in [2.45, 2.75) is 38.5 Å². The zero-order valence-electron chi connectivity index (χ0n) is 11.8. The molecule has 1 aromatic rings. The van der Waals surface area contributed by atoms with Gasteiger partial charge in [-0.2, -0.15) is 5.10 Å². The summed E-state index contributed by atoms with van der Waals surface area (Å²) >= 11 is 0. The average Bonchev–Trinajstić information content (AvgIpc) is 2.49. The topological polar surface area (TPSA) is 84.6 Å². The van der Waals surface area contributed by atoms with Gasteiger partial charge in [-0.05, 0) is 24.3 Å². The average molecular weight is 289 g/mol. The van der Waals surface area contributed by atoms with Gasteiger partial charge in [0, 0.05) is 18.3 Å². The van der Waals surface area contributed by atoms with Crippen LogP contribution in [-0.4, -0.2) is 17.0 Å². The maximum Gasteiger partial charge on any atom is 0.269 e. The standard InChI is InChI=1S/C15H19N3O3/c19-15(17-16-11-13-4-2-1-3-5-13)10-12-6-8-14(9-7-12)18(20)21/h6-9,11,13H,1-5,10H2,(H,17,19). The fraction of sp³-hybridized carbons (Fsp3) is 0.467. The number of rotatable bonds is 5. The van der Waals surface area contributed by atoms with E-state index in [1.807, 2.05) is 6.21 Å². The van der Waals surface area contributed by atoms with E-state index >= 15 is 0 Å². The largest absolute Gasteiger partial charge is 0.273 e. The second-order valence-electron chi connectivity index (χ2n) is 5.31. The molecule has 1 aliphatic carbocycles. The third-order valence-electron chi connectivity index (χ3n) is 3.64. The third-order valence-corrected chi connectivity index (χ3v) is 3.64. The predicted molar refractivity (Wildman–Crippen MR) is 80.0 cm³/mol. The molecule has 0 radical (unpaired) electrons. The van der Waals surface area contributed by atoms with E-state index in [1.54, 1.807) is 12.1 Å². The number of carbonyl (C=O) groups excluding carboxylic acids is 1. The Morgan fingerprint density at radius 3 is 2.57 bits per heavy atom. The monoisotopic (exact) mass is 289 g/mol. The molecule has 1 aromatic carbocycles. The van der Waals surface area contributed by atoms with E-state index in [2.05, 4.69) is 10.5 Å². The maximum atomic E-state index is 11.7. The van der Waals surface area contributed by atoms with E-state index in [1.165, 1.54) is 31.4 Å². The van der Waals surface area contributed by atoms with Crippen molar-refractivity contribution in [1.29, 1.82) is 0 Å². The van der Waals surface area contributed by atoms with E-state index in [0.29, 0.717) is 5.92 Å². The van der Waals surface area contributed by atoms with E-state index < -0.39 is 4.92 Å². The Morgan fingerprint density at radius 2 is 1.95 bits per heavy atom. The first-order valence-electron chi connectivity index (χ1n) is 7.20. The number of nitrogens with zero attached hydrogens (tertiary/aromatic N) is 2. The number of hydrazone groups is 1. The number of nitrogens with one attached hydrogen (secondary N) is 1. The smallest absolute Gasteiger partial charge is 0.269 e. The van der Waals surface area contributed by atoms with Gasteiger partial charge in [-0.25, -0.2) is 5.43 Å². The van der Waals surface area contributed by atoms with Crippen molar-refractivity contribution in [3.63, 3.8) is 0 Å². The van der Waals surface area contributed by atoms with Gasteiger partial charge in [-0.15, -0.1) is 0 Å². The van der Waals surface area contributed by atoms with Crippen molar-refractivity contribution < 1.29 is 9.72 Å². The zero-order valence-corrected chi connectivity index (χ0v) is 11.8. The number of hydrogen-bond acceptors (Lipinski definition) is 4. The molecule has 1 aliphatic rings. The molecule has 1 amide bonds. The number of carbonyl (C=O) groups is 1. The second kappa shape index (κ2) is 7.52. The van der Waals surface area contributed by atoms with E-state index in [-0.39, 0.29) is 18.0 Å². The van der Waals surface area contributed by atoms with Crippen LogP contribution in [-0.2, 0) is 11.2 Å². The Labute approximate surface area is 123 Å². The molecule has 6 nitrogen and oxygen atoms in total. The van der Waals surface area contributed by atoms with Crippen LogP contribution in [0, 0.1) is 16.0 Å². The Morgan fingerprint density at radius 1 is 1.29 bits per heavy atom. The van der Waals surface area contributed by atoms with Crippen LogP contribution in [0.1, 0.15) is 37.7 Å². The minimum atomic E-state index is -0.460. The molecule has 0 aromatic heterocycles. The summed E-state index contributed by atoms with van der Waals surface area (Å²) in [6.45, 7) is 0. The molecule has 1 N–H and O–H groups in total. The summed E-state index contributed by atoms with van der Waals surface area (Å²) in [6.07, 6.45) is 8.02. The minimum absolute atomic E-state index is 0.0227. The first kappa shape index (κ1) is 15.2. The van der Waals surface area contributed by atoms with Crippen molar-refractivity contribution in [3.05, 3.63) is 39.9 Å². The number of nitro benzene ring substituents is 1. The molecular weight excluding hydrogens is 270 g/mol. The van der Waals surface area contributed by atoms with Gasteiger partial charge in [-0.1, -0.05) is 31.4 Å². The quantitative estimate of drug-likeness (QED) is 0.514. The van der Waals surface area contributed by atoms with Gasteiger partial charge in [0.15, 0.2) is 0 Å². The van der Waals surface area contributed by atoms with Crippen LogP contribution in [0.5, 0.6) is 0 Å². The Hall–Kier alpha value is -2.24. The van der Waals surface area contributed by atoms with Crippen LogP contribution in [0.25, 0.3) is 0 Å². The highest BCUT2D eigenvalue weighted by molar-refractivity contribution is 5.79. The van der Waals surface area contributed by atoms with Crippen LogP contribution >= 0.6 is 0 Å². The molecule has 2 rings (SSSR count). The van der Waals surface area contributed by atoms with Crippen molar-refractivity contribution in [2.24, 2.45) is 11.0 Å². The lowest BCUT2D eigenvalue weighted by Crippen LogP contribution is -2.21. The summed E-state index contributed by atoms with van der Waals surface area (Å²) < 4.78 is 0. The molecule has 1 fully saturated rings. The number of benzene rings is 1. The van der Waals surface area contributed by atoms with Crippen LogP contribution in [0.4, 0.5) is 5.69 Å². The molecule has 0 unspecified atom stereocenters. The molecular formula is C15H19N3O3. The van der Waals surface area contributed by atoms with Crippen LogP contribution in [0.2, 0.25) is 0 Å². The van der Waals surface area contributed by atoms with Gasteiger partial charge >= 0.3 is 0 Å². The predicted octanol–water partition coefficient (Wildman–Crippen LogP) is 2.82.